The number of rotatable bonds is 11. The van der Waals surface area contributed by atoms with Crippen LogP contribution in [0, 0.1) is 5.41 Å². The van der Waals surface area contributed by atoms with Crippen LogP contribution in [-0.4, -0.2) is 147 Å². The van der Waals surface area contributed by atoms with Crippen LogP contribution in [0.15, 0.2) is 0 Å². The van der Waals surface area contributed by atoms with Gasteiger partial charge in [-0.15, -0.1) is 0 Å². The van der Waals surface area contributed by atoms with E-state index in [9.17, 15) is 25.2 Å². The minimum atomic E-state index is -2.12. The first-order valence-electron chi connectivity index (χ1n) is 10.7. The lowest BCUT2D eigenvalue weighted by Crippen LogP contribution is -2.65. The third-order valence-electron chi connectivity index (χ3n) is 5.28. The Labute approximate surface area is 196 Å². The number of nitrogens with one attached hydrogen (secondary N) is 3. The van der Waals surface area contributed by atoms with Crippen LogP contribution in [0.3, 0.4) is 0 Å². The average molecular weight is 500 g/mol. The fourth-order valence-electron chi connectivity index (χ4n) is 3.08. The van der Waals surface area contributed by atoms with E-state index >= 15 is 0 Å². The van der Waals surface area contributed by atoms with Gasteiger partial charge in [0, 0.05) is 18.8 Å². The van der Waals surface area contributed by atoms with Crippen molar-refractivity contribution in [2.24, 2.45) is 0 Å². The van der Waals surface area contributed by atoms with Gasteiger partial charge in [-0.2, -0.15) is 0 Å². The molecule has 2 aliphatic rings. The first kappa shape index (κ1) is 30.7. The van der Waals surface area contributed by atoms with E-state index in [2.05, 4.69) is 10.6 Å². The minimum Gasteiger partial charge on any atom is -0.447 e. The van der Waals surface area contributed by atoms with E-state index in [4.69, 9.17) is 40.0 Å². The normalized spacial score (nSPS) is 36.7. The number of carbonyl (C=O) groups excluding carboxylic acids is 1. The Morgan fingerprint density at radius 1 is 1.15 bits per heavy atom. The van der Waals surface area contributed by atoms with Crippen molar-refractivity contribution in [3.8, 4) is 0 Å². The maximum atomic E-state index is 10.5. The molecule has 2 fully saturated rings. The van der Waals surface area contributed by atoms with Crippen molar-refractivity contribution in [3.63, 3.8) is 0 Å². The quantitative estimate of drug-likeness (QED) is 0.0548. The molecular weight excluding hydrogens is 462 g/mol. The SMILES string of the molecule is CC(=N)CCNCC(NC[C@@]1(O)OC[C@@H](O)[C@H](O)C1O)OC=O.OCC1OC[C@@H](O)C(O)[C@@H]1O. The number of ether oxygens (including phenoxy) is 3. The fraction of sp³-hybridized carbons (Fsp3) is 0.895. The van der Waals surface area contributed by atoms with E-state index in [1.165, 1.54) is 0 Å². The molecule has 0 aromatic rings. The van der Waals surface area contributed by atoms with Crippen molar-refractivity contribution >= 4 is 12.2 Å². The molecule has 0 spiro atoms. The molecule has 2 rings (SSSR count). The molecule has 0 aliphatic carbocycles. The average Bonchev–Trinajstić information content (AvgIpc) is 2.80. The van der Waals surface area contributed by atoms with Gasteiger partial charge in [0.2, 0.25) is 5.79 Å². The Bertz CT molecular complexity index is 615. The molecule has 9 atom stereocenters. The van der Waals surface area contributed by atoms with Crippen LogP contribution >= 0.6 is 0 Å². The number of hydrogen-bond acceptors (Lipinski definition) is 15. The first-order chi connectivity index (χ1) is 16.0. The molecule has 0 aromatic carbocycles. The summed E-state index contributed by atoms with van der Waals surface area (Å²) >= 11 is 0. The van der Waals surface area contributed by atoms with Crippen LogP contribution in [0.25, 0.3) is 0 Å². The highest BCUT2D eigenvalue weighted by Crippen LogP contribution is 2.23. The molecule has 200 valence electrons. The van der Waals surface area contributed by atoms with Gasteiger partial charge in [-0.25, -0.2) is 0 Å². The molecule has 4 unspecified atom stereocenters. The largest absolute Gasteiger partial charge is 0.447 e. The van der Waals surface area contributed by atoms with Crippen molar-refractivity contribution in [1.82, 2.24) is 10.6 Å². The van der Waals surface area contributed by atoms with E-state index in [1.807, 2.05) is 0 Å². The molecule has 0 amide bonds. The summed E-state index contributed by atoms with van der Waals surface area (Å²) in [5.74, 6) is -2.12. The second-order valence-electron chi connectivity index (χ2n) is 8.10. The molecule has 15 nitrogen and oxygen atoms in total. The maximum absolute atomic E-state index is 10.5. The fourth-order valence-corrected chi connectivity index (χ4v) is 3.08. The predicted octanol–water partition coefficient (Wildman–Crippen LogP) is -5.64. The topological polar surface area (TPSA) is 255 Å². The molecule has 2 aliphatic heterocycles. The van der Waals surface area contributed by atoms with Crippen molar-refractivity contribution in [1.29, 1.82) is 5.41 Å². The Hall–Kier alpha value is -1.34. The lowest BCUT2D eigenvalue weighted by molar-refractivity contribution is -0.319. The van der Waals surface area contributed by atoms with E-state index in [-0.39, 0.29) is 39.4 Å². The van der Waals surface area contributed by atoms with Gasteiger partial charge in [0.25, 0.3) is 6.47 Å². The molecule has 0 aromatic heterocycles. The number of aliphatic hydroxyl groups excluding tert-OH is 7. The highest BCUT2D eigenvalue weighted by atomic mass is 16.7. The summed E-state index contributed by atoms with van der Waals surface area (Å²) in [4.78, 5) is 10.5. The number of carbonyl (C=O) groups is 1. The van der Waals surface area contributed by atoms with E-state index < -0.39 is 54.7 Å². The smallest absolute Gasteiger partial charge is 0.294 e. The first-order valence-corrected chi connectivity index (χ1v) is 10.7. The highest BCUT2D eigenvalue weighted by Gasteiger charge is 2.48. The maximum Gasteiger partial charge on any atom is 0.294 e. The highest BCUT2D eigenvalue weighted by molar-refractivity contribution is 5.78. The molecule has 2 saturated heterocycles. The van der Waals surface area contributed by atoms with E-state index in [0.717, 1.165) is 0 Å². The molecule has 2 heterocycles. The molecule has 34 heavy (non-hydrogen) atoms. The standard InChI is InChI=1S/C13H25N3O7.C6H12O5/c1-8(14)2-3-15-4-10(22-7-17)16-6-13(21)12(20)11(19)9(18)5-23-13;7-1-4-6(10)5(9)3(8)2-11-4/h7,9-12,14-16,18-21H,2-6H2,1H3;3-10H,1-2H2/t9-,10?,11+,12?,13-;3-,4?,5?,6-/m11/s1. The van der Waals surface area contributed by atoms with Gasteiger partial charge in [0.05, 0.1) is 26.4 Å². The van der Waals surface area contributed by atoms with Gasteiger partial charge < -0.3 is 65.8 Å². The van der Waals surface area contributed by atoms with Gasteiger partial charge in [0.1, 0.15) is 42.7 Å². The Morgan fingerprint density at radius 2 is 1.79 bits per heavy atom. The Morgan fingerprint density at radius 3 is 2.38 bits per heavy atom. The van der Waals surface area contributed by atoms with Crippen molar-refractivity contribution in [2.75, 3.05) is 39.5 Å². The molecule has 15 heteroatoms. The van der Waals surface area contributed by atoms with Crippen LogP contribution in [0.5, 0.6) is 0 Å². The molecule has 11 N–H and O–H groups in total. The second-order valence-corrected chi connectivity index (χ2v) is 8.10. The molecule has 0 saturated carbocycles. The summed E-state index contributed by atoms with van der Waals surface area (Å²) in [7, 11) is 0. The van der Waals surface area contributed by atoms with E-state index in [1.54, 1.807) is 6.92 Å². The van der Waals surface area contributed by atoms with Crippen molar-refractivity contribution in [2.45, 2.75) is 68.1 Å². The van der Waals surface area contributed by atoms with Crippen LogP contribution in [0.2, 0.25) is 0 Å². The second kappa shape index (κ2) is 14.9. The van der Waals surface area contributed by atoms with Crippen molar-refractivity contribution in [3.05, 3.63) is 0 Å². The van der Waals surface area contributed by atoms with Gasteiger partial charge in [0.15, 0.2) is 6.23 Å². The van der Waals surface area contributed by atoms with E-state index in [0.29, 0.717) is 18.7 Å². The zero-order chi connectivity index (χ0) is 25.9. The Kier molecular flexibility index (Phi) is 13.5. The third kappa shape index (κ3) is 9.37. The van der Waals surface area contributed by atoms with Gasteiger partial charge >= 0.3 is 0 Å². The molecular formula is C19H37N3O12. The third-order valence-corrected chi connectivity index (χ3v) is 5.28. The van der Waals surface area contributed by atoms with Crippen LogP contribution < -0.4 is 10.6 Å². The van der Waals surface area contributed by atoms with Crippen LogP contribution in [0.1, 0.15) is 13.3 Å². The monoisotopic (exact) mass is 499 g/mol. The lowest BCUT2D eigenvalue weighted by atomic mass is 9.97. The van der Waals surface area contributed by atoms with Gasteiger partial charge in [-0.05, 0) is 13.3 Å². The molecule has 0 bridgehead atoms. The summed E-state index contributed by atoms with van der Waals surface area (Å²) in [6, 6.07) is 0. The zero-order valence-electron chi connectivity index (χ0n) is 18.9. The zero-order valence-corrected chi connectivity index (χ0v) is 18.9. The van der Waals surface area contributed by atoms with Crippen LogP contribution in [-0.2, 0) is 19.0 Å². The predicted molar refractivity (Wildman–Crippen MR) is 114 cm³/mol. The van der Waals surface area contributed by atoms with Crippen molar-refractivity contribution < 1.29 is 59.9 Å². The summed E-state index contributed by atoms with van der Waals surface area (Å²) in [5.41, 5.74) is 0.513. The Balaban J connectivity index is 0.000000437. The lowest BCUT2D eigenvalue weighted by Gasteiger charge is -2.42. The summed E-state index contributed by atoms with van der Waals surface area (Å²) in [6.07, 6.45) is -9.09. The number of aliphatic hydroxyl groups is 8. The minimum absolute atomic E-state index is 0.0521. The molecule has 0 radical (unpaired) electrons. The van der Waals surface area contributed by atoms with Gasteiger partial charge in [-0.1, -0.05) is 0 Å². The summed E-state index contributed by atoms with van der Waals surface area (Å²) < 4.78 is 14.6. The van der Waals surface area contributed by atoms with Crippen LogP contribution in [0.4, 0.5) is 0 Å². The summed E-state index contributed by atoms with van der Waals surface area (Å²) in [6.45, 7) is 1.56. The van der Waals surface area contributed by atoms with Gasteiger partial charge in [-0.3, -0.25) is 10.1 Å². The summed E-state index contributed by atoms with van der Waals surface area (Å²) in [5, 5.41) is 87.6. The number of hydrogen-bond donors (Lipinski definition) is 11.